The Hall–Kier alpha value is -2.58. The van der Waals surface area contributed by atoms with Gasteiger partial charge in [-0.1, -0.05) is 0 Å². The van der Waals surface area contributed by atoms with Crippen LogP contribution in [0.3, 0.4) is 0 Å². The summed E-state index contributed by atoms with van der Waals surface area (Å²) in [5.74, 6) is -0.0478. The zero-order valence-electron chi connectivity index (χ0n) is 15.5. The summed E-state index contributed by atoms with van der Waals surface area (Å²) < 4.78 is 6.91. The first kappa shape index (κ1) is 20.7. The number of nitrogens with zero attached hydrogens (tertiary/aromatic N) is 2. The molecule has 2 amide bonds. The highest BCUT2D eigenvalue weighted by molar-refractivity contribution is 6.04. The van der Waals surface area contributed by atoms with E-state index in [4.69, 9.17) is 4.74 Å². The molecule has 0 saturated carbocycles. The second-order valence-electron chi connectivity index (χ2n) is 6.30. The van der Waals surface area contributed by atoms with Crippen LogP contribution in [0.25, 0.3) is 0 Å². The van der Waals surface area contributed by atoms with Crippen molar-refractivity contribution in [2.24, 2.45) is 13.0 Å². The quantitative estimate of drug-likeness (QED) is 0.708. The van der Waals surface area contributed by atoms with E-state index in [1.165, 1.54) is 7.11 Å². The SMILES string of the molecule is CNC(=O)c1cc(OC)ccc1NC(=O)[C@H]1CNC[C@@H]1c1cnn(C)c1.Cl. The van der Waals surface area contributed by atoms with Gasteiger partial charge in [0, 0.05) is 39.3 Å². The molecular weight excluding hydrogens is 370 g/mol. The predicted octanol–water partition coefficient (Wildman–Crippen LogP) is 1.15. The maximum Gasteiger partial charge on any atom is 0.253 e. The normalized spacial score (nSPS) is 18.5. The fourth-order valence-corrected chi connectivity index (χ4v) is 3.24. The third kappa shape index (κ3) is 4.40. The molecule has 0 aliphatic carbocycles. The van der Waals surface area contributed by atoms with Gasteiger partial charge < -0.3 is 20.7 Å². The van der Waals surface area contributed by atoms with Crippen LogP contribution in [0.2, 0.25) is 0 Å². The Balaban J connectivity index is 0.00000261. The van der Waals surface area contributed by atoms with Gasteiger partial charge >= 0.3 is 0 Å². The minimum absolute atomic E-state index is 0. The molecule has 2 aromatic rings. The minimum atomic E-state index is -0.285. The molecule has 1 fully saturated rings. The van der Waals surface area contributed by atoms with Crippen molar-refractivity contribution in [3.05, 3.63) is 41.7 Å². The molecule has 3 N–H and O–H groups in total. The average Bonchev–Trinajstić information content (AvgIpc) is 3.30. The first-order valence-corrected chi connectivity index (χ1v) is 8.43. The van der Waals surface area contributed by atoms with E-state index in [-0.39, 0.29) is 36.1 Å². The average molecular weight is 394 g/mol. The zero-order chi connectivity index (χ0) is 18.7. The van der Waals surface area contributed by atoms with E-state index in [0.717, 1.165) is 5.56 Å². The highest BCUT2D eigenvalue weighted by Crippen LogP contribution is 2.30. The molecule has 3 rings (SSSR count). The topological polar surface area (TPSA) is 97.3 Å². The Morgan fingerprint density at radius 1 is 1.33 bits per heavy atom. The van der Waals surface area contributed by atoms with Gasteiger partial charge in [0.15, 0.2) is 0 Å². The van der Waals surface area contributed by atoms with Gasteiger partial charge in [0.25, 0.3) is 5.91 Å². The molecule has 8 nitrogen and oxygen atoms in total. The number of ether oxygens (including phenoxy) is 1. The lowest BCUT2D eigenvalue weighted by molar-refractivity contribution is -0.119. The molecule has 1 aliphatic heterocycles. The molecule has 0 radical (unpaired) electrons. The molecule has 0 bridgehead atoms. The molecule has 2 heterocycles. The highest BCUT2D eigenvalue weighted by atomic mass is 35.5. The standard InChI is InChI=1S/C18H23N5O3.ClH/c1-19-17(24)13-6-12(26-3)4-5-16(13)22-18(25)15-9-20-8-14(15)11-7-21-23(2)10-11;/h4-7,10,14-15,20H,8-9H2,1-3H3,(H,19,24)(H,22,25);1H/t14-,15+;/m1./s1. The van der Waals surface area contributed by atoms with Crippen molar-refractivity contribution in [1.82, 2.24) is 20.4 Å². The van der Waals surface area contributed by atoms with Gasteiger partial charge in [-0.15, -0.1) is 12.4 Å². The number of benzene rings is 1. The molecule has 9 heteroatoms. The minimum Gasteiger partial charge on any atom is -0.497 e. The van der Waals surface area contributed by atoms with E-state index >= 15 is 0 Å². The molecule has 0 spiro atoms. The van der Waals surface area contributed by atoms with E-state index in [2.05, 4.69) is 21.0 Å². The van der Waals surface area contributed by atoms with E-state index in [1.807, 2.05) is 13.2 Å². The zero-order valence-corrected chi connectivity index (χ0v) is 16.3. The van der Waals surface area contributed by atoms with Crippen LogP contribution in [0.15, 0.2) is 30.6 Å². The first-order valence-electron chi connectivity index (χ1n) is 8.43. The van der Waals surface area contributed by atoms with E-state index in [9.17, 15) is 9.59 Å². The largest absolute Gasteiger partial charge is 0.497 e. The number of methoxy groups -OCH3 is 1. The van der Waals surface area contributed by atoms with Gasteiger partial charge in [-0.05, 0) is 23.8 Å². The number of hydrogen-bond acceptors (Lipinski definition) is 5. The predicted molar refractivity (Wildman–Crippen MR) is 105 cm³/mol. The summed E-state index contributed by atoms with van der Waals surface area (Å²) in [5, 5.41) is 13.0. The Bertz CT molecular complexity index is 823. The van der Waals surface area contributed by atoms with Gasteiger partial charge in [-0.25, -0.2) is 0 Å². The van der Waals surface area contributed by atoms with Crippen molar-refractivity contribution < 1.29 is 14.3 Å². The molecular formula is C18H24ClN5O3. The lowest BCUT2D eigenvalue weighted by Gasteiger charge is -2.18. The number of carbonyl (C=O) groups excluding carboxylic acids is 2. The number of halogens is 1. The summed E-state index contributed by atoms with van der Waals surface area (Å²) in [5.41, 5.74) is 1.86. The van der Waals surface area contributed by atoms with Crippen LogP contribution < -0.4 is 20.7 Å². The molecule has 146 valence electrons. The number of hydrogen-bond donors (Lipinski definition) is 3. The second-order valence-corrected chi connectivity index (χ2v) is 6.30. The lowest BCUT2D eigenvalue weighted by Crippen LogP contribution is -2.29. The van der Waals surface area contributed by atoms with Crippen LogP contribution in [-0.2, 0) is 11.8 Å². The van der Waals surface area contributed by atoms with Gasteiger partial charge in [-0.2, -0.15) is 5.10 Å². The summed E-state index contributed by atoms with van der Waals surface area (Å²) >= 11 is 0. The van der Waals surface area contributed by atoms with Gasteiger partial charge in [0.1, 0.15) is 5.75 Å². The lowest BCUT2D eigenvalue weighted by atomic mass is 9.90. The summed E-state index contributed by atoms with van der Waals surface area (Å²) in [6.45, 7) is 1.30. The van der Waals surface area contributed by atoms with Crippen molar-refractivity contribution in [1.29, 1.82) is 0 Å². The molecule has 1 aliphatic rings. The fraction of sp³-hybridized carbons (Fsp3) is 0.389. The van der Waals surface area contributed by atoms with Crippen molar-refractivity contribution in [2.75, 3.05) is 32.6 Å². The third-order valence-corrected chi connectivity index (χ3v) is 4.66. The number of rotatable bonds is 5. The van der Waals surface area contributed by atoms with Crippen LogP contribution in [0, 0.1) is 5.92 Å². The van der Waals surface area contributed by atoms with Crippen LogP contribution in [0.1, 0.15) is 21.8 Å². The summed E-state index contributed by atoms with van der Waals surface area (Å²) in [7, 11) is 4.94. The molecule has 1 aromatic carbocycles. The van der Waals surface area contributed by atoms with E-state index < -0.39 is 0 Å². The van der Waals surface area contributed by atoms with E-state index in [0.29, 0.717) is 30.1 Å². The van der Waals surface area contributed by atoms with Crippen LogP contribution >= 0.6 is 12.4 Å². The summed E-state index contributed by atoms with van der Waals surface area (Å²) in [4.78, 5) is 25.0. The molecule has 2 atom stereocenters. The van der Waals surface area contributed by atoms with Gasteiger partial charge in [0.2, 0.25) is 5.91 Å². The number of anilines is 1. The second kappa shape index (κ2) is 8.88. The number of aryl methyl sites for hydroxylation is 1. The highest BCUT2D eigenvalue weighted by Gasteiger charge is 2.35. The first-order chi connectivity index (χ1) is 12.5. The molecule has 0 unspecified atom stereocenters. The molecule has 1 saturated heterocycles. The van der Waals surface area contributed by atoms with E-state index in [1.54, 1.807) is 36.1 Å². The summed E-state index contributed by atoms with van der Waals surface area (Å²) in [6, 6.07) is 5.01. The number of nitrogens with one attached hydrogen (secondary N) is 3. The molecule has 1 aromatic heterocycles. The van der Waals surface area contributed by atoms with Gasteiger partial charge in [0.05, 0.1) is 30.5 Å². The maximum absolute atomic E-state index is 12.9. The number of aromatic nitrogens is 2. The van der Waals surface area contributed by atoms with Crippen molar-refractivity contribution >= 4 is 29.9 Å². The van der Waals surface area contributed by atoms with Crippen molar-refractivity contribution in [3.63, 3.8) is 0 Å². The Morgan fingerprint density at radius 3 is 2.74 bits per heavy atom. The Kier molecular flexibility index (Phi) is 6.81. The monoisotopic (exact) mass is 393 g/mol. The summed E-state index contributed by atoms with van der Waals surface area (Å²) in [6.07, 6.45) is 3.72. The third-order valence-electron chi connectivity index (χ3n) is 4.66. The smallest absolute Gasteiger partial charge is 0.253 e. The Labute approximate surface area is 164 Å². The number of carbonyl (C=O) groups is 2. The number of amides is 2. The maximum atomic E-state index is 12.9. The van der Waals surface area contributed by atoms with Gasteiger partial charge in [-0.3, -0.25) is 14.3 Å². The van der Waals surface area contributed by atoms with Crippen molar-refractivity contribution in [3.8, 4) is 5.75 Å². The van der Waals surface area contributed by atoms with Crippen LogP contribution in [0.4, 0.5) is 5.69 Å². The van der Waals surface area contributed by atoms with Crippen LogP contribution in [-0.4, -0.2) is 48.8 Å². The van der Waals surface area contributed by atoms with Crippen molar-refractivity contribution in [2.45, 2.75) is 5.92 Å². The fourth-order valence-electron chi connectivity index (χ4n) is 3.24. The molecule has 27 heavy (non-hydrogen) atoms. The van der Waals surface area contributed by atoms with Crippen LogP contribution in [0.5, 0.6) is 5.75 Å². The Morgan fingerprint density at radius 2 is 2.11 bits per heavy atom.